The summed E-state index contributed by atoms with van der Waals surface area (Å²) in [6.07, 6.45) is 2.90. The molecule has 1 aliphatic heterocycles. The number of carbonyl (C=O) groups excluding carboxylic acids is 1. The van der Waals surface area contributed by atoms with Crippen LogP contribution in [-0.2, 0) is 0 Å². The first-order chi connectivity index (χ1) is 11.5. The van der Waals surface area contributed by atoms with Crippen LogP contribution < -0.4 is 5.32 Å². The molecule has 0 saturated carbocycles. The molecule has 1 fully saturated rings. The van der Waals surface area contributed by atoms with Crippen LogP contribution in [0.4, 0.5) is 9.93 Å². The summed E-state index contributed by atoms with van der Waals surface area (Å²) in [7, 11) is 4.15. The van der Waals surface area contributed by atoms with Gasteiger partial charge in [-0.25, -0.2) is 9.78 Å². The Morgan fingerprint density at radius 1 is 1.42 bits per heavy atom. The molecule has 6 heteroatoms. The maximum atomic E-state index is 12.4. The van der Waals surface area contributed by atoms with E-state index < -0.39 is 0 Å². The van der Waals surface area contributed by atoms with Crippen LogP contribution in [-0.4, -0.2) is 54.5 Å². The molecule has 0 unspecified atom stereocenters. The van der Waals surface area contributed by atoms with E-state index in [0.29, 0.717) is 11.0 Å². The second-order valence-corrected chi connectivity index (χ2v) is 7.67. The number of urea groups is 1. The zero-order valence-electron chi connectivity index (χ0n) is 14.5. The predicted octanol–water partition coefficient (Wildman–Crippen LogP) is 3.53. The molecule has 2 amide bonds. The van der Waals surface area contributed by atoms with Crippen molar-refractivity contribution in [3.05, 3.63) is 36.0 Å². The SMILES string of the molecule is Cc1ccccc1-c1cnc(NC(=O)N2CC[C@@H](CN(C)C)C2)s1. The minimum absolute atomic E-state index is 0.0399. The highest BCUT2D eigenvalue weighted by atomic mass is 32.1. The van der Waals surface area contributed by atoms with E-state index in [-0.39, 0.29) is 6.03 Å². The van der Waals surface area contributed by atoms with Crippen molar-refractivity contribution < 1.29 is 4.79 Å². The third kappa shape index (κ3) is 3.94. The lowest BCUT2D eigenvalue weighted by Gasteiger charge is -2.18. The number of benzene rings is 1. The average molecular weight is 344 g/mol. The second-order valence-electron chi connectivity index (χ2n) is 6.64. The smallest absolute Gasteiger partial charge is 0.323 e. The Hall–Kier alpha value is -1.92. The van der Waals surface area contributed by atoms with E-state index in [1.807, 2.05) is 23.2 Å². The molecular formula is C18H24N4OS. The number of aryl methyl sites for hydroxylation is 1. The number of nitrogens with one attached hydrogen (secondary N) is 1. The van der Waals surface area contributed by atoms with Crippen molar-refractivity contribution in [2.75, 3.05) is 39.0 Å². The number of hydrogen-bond acceptors (Lipinski definition) is 4. The van der Waals surface area contributed by atoms with Gasteiger partial charge in [0.15, 0.2) is 5.13 Å². The summed E-state index contributed by atoms with van der Waals surface area (Å²) in [5.41, 5.74) is 2.38. The Balaban J connectivity index is 1.61. The van der Waals surface area contributed by atoms with Gasteiger partial charge in [0.2, 0.25) is 0 Å². The molecule has 0 spiro atoms. The second kappa shape index (κ2) is 7.32. The fourth-order valence-electron chi connectivity index (χ4n) is 3.16. The summed E-state index contributed by atoms with van der Waals surface area (Å²) in [6, 6.07) is 8.18. The van der Waals surface area contributed by atoms with Crippen LogP contribution in [0.15, 0.2) is 30.5 Å². The molecule has 3 rings (SSSR count). The Morgan fingerprint density at radius 2 is 2.21 bits per heavy atom. The fraction of sp³-hybridized carbons (Fsp3) is 0.444. The van der Waals surface area contributed by atoms with Crippen molar-refractivity contribution in [2.45, 2.75) is 13.3 Å². The Labute approximate surface area is 147 Å². The maximum absolute atomic E-state index is 12.4. The number of anilines is 1. The number of carbonyl (C=O) groups is 1. The van der Waals surface area contributed by atoms with Gasteiger partial charge in [-0.15, -0.1) is 0 Å². The number of aromatic nitrogens is 1. The highest BCUT2D eigenvalue weighted by molar-refractivity contribution is 7.19. The van der Waals surface area contributed by atoms with Crippen LogP contribution in [0.3, 0.4) is 0 Å². The number of nitrogens with zero attached hydrogens (tertiary/aromatic N) is 3. The minimum Gasteiger partial charge on any atom is -0.324 e. The zero-order valence-corrected chi connectivity index (χ0v) is 15.3. The van der Waals surface area contributed by atoms with E-state index in [1.54, 1.807) is 0 Å². The fourth-order valence-corrected chi connectivity index (χ4v) is 4.06. The maximum Gasteiger partial charge on any atom is 0.323 e. The summed E-state index contributed by atoms with van der Waals surface area (Å²) in [5, 5.41) is 3.61. The van der Waals surface area contributed by atoms with Crippen molar-refractivity contribution in [2.24, 2.45) is 5.92 Å². The molecule has 24 heavy (non-hydrogen) atoms. The minimum atomic E-state index is -0.0399. The lowest BCUT2D eigenvalue weighted by atomic mass is 10.1. The molecule has 1 saturated heterocycles. The van der Waals surface area contributed by atoms with Crippen LogP contribution in [0.5, 0.6) is 0 Å². The van der Waals surface area contributed by atoms with E-state index in [1.165, 1.54) is 22.5 Å². The molecule has 5 nitrogen and oxygen atoms in total. The van der Waals surface area contributed by atoms with Gasteiger partial charge >= 0.3 is 6.03 Å². The van der Waals surface area contributed by atoms with Gasteiger partial charge in [-0.3, -0.25) is 5.32 Å². The summed E-state index contributed by atoms with van der Waals surface area (Å²) < 4.78 is 0. The lowest BCUT2D eigenvalue weighted by Crippen LogP contribution is -2.34. The number of thiazole rings is 1. The van der Waals surface area contributed by atoms with Gasteiger partial charge in [-0.1, -0.05) is 35.6 Å². The van der Waals surface area contributed by atoms with E-state index in [0.717, 1.165) is 30.9 Å². The summed E-state index contributed by atoms with van der Waals surface area (Å²) in [4.78, 5) is 21.9. The topological polar surface area (TPSA) is 48.5 Å². The first-order valence-electron chi connectivity index (χ1n) is 8.25. The van der Waals surface area contributed by atoms with Gasteiger partial charge in [0.05, 0.1) is 4.88 Å². The van der Waals surface area contributed by atoms with E-state index in [9.17, 15) is 4.79 Å². The van der Waals surface area contributed by atoms with E-state index in [2.05, 4.69) is 48.4 Å². The average Bonchev–Trinajstić information content (AvgIpc) is 3.17. The molecule has 1 N–H and O–H groups in total. The quantitative estimate of drug-likeness (QED) is 0.923. The molecular weight excluding hydrogens is 320 g/mol. The third-order valence-corrected chi connectivity index (χ3v) is 5.27. The molecule has 1 aliphatic rings. The molecule has 1 aromatic heterocycles. The highest BCUT2D eigenvalue weighted by Gasteiger charge is 2.27. The Morgan fingerprint density at radius 3 is 2.96 bits per heavy atom. The number of likely N-dealkylation sites (tertiary alicyclic amines) is 1. The molecule has 0 bridgehead atoms. The third-order valence-electron chi connectivity index (χ3n) is 4.33. The summed E-state index contributed by atoms with van der Waals surface area (Å²) >= 11 is 1.52. The molecule has 2 aromatic rings. The van der Waals surface area contributed by atoms with Gasteiger partial charge in [0.1, 0.15) is 0 Å². The van der Waals surface area contributed by atoms with Crippen LogP contribution >= 0.6 is 11.3 Å². The van der Waals surface area contributed by atoms with Gasteiger partial charge < -0.3 is 9.80 Å². The van der Waals surface area contributed by atoms with Gasteiger partial charge in [0.25, 0.3) is 0 Å². The normalized spacial score (nSPS) is 17.5. The van der Waals surface area contributed by atoms with Crippen LogP contribution in [0.25, 0.3) is 10.4 Å². The van der Waals surface area contributed by atoms with Crippen molar-refractivity contribution in [3.63, 3.8) is 0 Å². The predicted molar refractivity (Wildman–Crippen MR) is 99.5 cm³/mol. The first kappa shape index (κ1) is 16.9. The molecule has 1 atom stereocenters. The Kier molecular flexibility index (Phi) is 5.16. The number of amides is 2. The molecule has 2 heterocycles. The molecule has 0 radical (unpaired) electrons. The van der Waals surface area contributed by atoms with Gasteiger partial charge in [-0.05, 0) is 44.5 Å². The summed E-state index contributed by atoms with van der Waals surface area (Å²) in [5.74, 6) is 0.560. The van der Waals surface area contributed by atoms with Crippen molar-refractivity contribution in [3.8, 4) is 10.4 Å². The van der Waals surface area contributed by atoms with Gasteiger partial charge in [0, 0.05) is 25.8 Å². The Bertz CT molecular complexity index is 713. The first-order valence-corrected chi connectivity index (χ1v) is 9.07. The largest absolute Gasteiger partial charge is 0.324 e. The standard InChI is InChI=1S/C18H24N4OS/c1-13-6-4-5-7-15(13)16-10-19-17(24-16)20-18(23)22-9-8-14(12-22)11-21(2)3/h4-7,10,14H,8-9,11-12H2,1-3H3,(H,19,20,23)/t14-/m0/s1. The van der Waals surface area contributed by atoms with E-state index >= 15 is 0 Å². The highest BCUT2D eigenvalue weighted by Crippen LogP contribution is 2.31. The zero-order chi connectivity index (χ0) is 17.1. The van der Waals surface area contributed by atoms with Crippen molar-refractivity contribution >= 4 is 22.5 Å². The van der Waals surface area contributed by atoms with Crippen LogP contribution in [0, 0.1) is 12.8 Å². The van der Waals surface area contributed by atoms with Crippen molar-refractivity contribution in [1.82, 2.24) is 14.8 Å². The number of rotatable bonds is 4. The summed E-state index contributed by atoms with van der Waals surface area (Å²) in [6.45, 7) is 4.75. The monoisotopic (exact) mass is 344 g/mol. The van der Waals surface area contributed by atoms with Crippen molar-refractivity contribution in [1.29, 1.82) is 0 Å². The van der Waals surface area contributed by atoms with Gasteiger partial charge in [-0.2, -0.15) is 0 Å². The number of hydrogen-bond donors (Lipinski definition) is 1. The van der Waals surface area contributed by atoms with Crippen LogP contribution in [0.2, 0.25) is 0 Å². The van der Waals surface area contributed by atoms with Crippen LogP contribution in [0.1, 0.15) is 12.0 Å². The lowest BCUT2D eigenvalue weighted by molar-refractivity contribution is 0.219. The molecule has 1 aromatic carbocycles. The molecule has 0 aliphatic carbocycles. The molecule has 128 valence electrons. The van der Waals surface area contributed by atoms with E-state index in [4.69, 9.17) is 0 Å².